The third-order valence-corrected chi connectivity index (χ3v) is 3.71. The summed E-state index contributed by atoms with van der Waals surface area (Å²) in [7, 11) is 0. The molecule has 1 aliphatic rings. The molecule has 2 nitrogen and oxygen atoms in total. The molecule has 0 spiro atoms. The van der Waals surface area contributed by atoms with E-state index in [-0.39, 0.29) is 5.60 Å². The Kier molecular flexibility index (Phi) is 5.62. The van der Waals surface area contributed by atoms with Gasteiger partial charge in [-0.05, 0) is 25.7 Å². The van der Waals surface area contributed by atoms with Crippen molar-refractivity contribution in [2.75, 3.05) is 6.54 Å². The lowest BCUT2D eigenvalue weighted by Gasteiger charge is -2.35. The van der Waals surface area contributed by atoms with Crippen LogP contribution in [0.15, 0.2) is 0 Å². The summed E-state index contributed by atoms with van der Waals surface area (Å²) in [6.45, 7) is 5.10. The molecule has 1 fully saturated rings. The molecule has 1 saturated carbocycles. The average Bonchev–Trinajstić information content (AvgIpc) is 2.52. The third kappa shape index (κ3) is 3.76. The molecule has 15 heavy (non-hydrogen) atoms. The van der Waals surface area contributed by atoms with E-state index in [1.54, 1.807) is 0 Å². The smallest absolute Gasteiger partial charge is 0.0807 e. The molecule has 0 bridgehead atoms. The largest absolute Gasteiger partial charge is 0.370 e. The summed E-state index contributed by atoms with van der Waals surface area (Å²) in [5, 5.41) is 0. The van der Waals surface area contributed by atoms with Gasteiger partial charge in [-0.2, -0.15) is 0 Å². The summed E-state index contributed by atoms with van der Waals surface area (Å²) < 4.78 is 6.28. The van der Waals surface area contributed by atoms with Crippen LogP contribution < -0.4 is 5.73 Å². The first-order valence-electron chi connectivity index (χ1n) is 6.64. The van der Waals surface area contributed by atoms with Crippen LogP contribution in [-0.4, -0.2) is 18.2 Å². The van der Waals surface area contributed by atoms with E-state index in [1.165, 1.54) is 38.5 Å². The van der Waals surface area contributed by atoms with Crippen LogP contribution in [0.2, 0.25) is 0 Å². The Morgan fingerprint density at radius 2 is 1.60 bits per heavy atom. The normalized spacial score (nSPS) is 21.6. The van der Waals surface area contributed by atoms with Gasteiger partial charge in [0.2, 0.25) is 0 Å². The van der Waals surface area contributed by atoms with E-state index >= 15 is 0 Å². The maximum absolute atomic E-state index is 6.28. The van der Waals surface area contributed by atoms with Crippen LogP contribution in [0.1, 0.15) is 65.2 Å². The van der Waals surface area contributed by atoms with Crippen molar-refractivity contribution < 1.29 is 4.74 Å². The molecular weight excluding hydrogens is 186 g/mol. The maximum Gasteiger partial charge on any atom is 0.0807 e. The summed E-state index contributed by atoms with van der Waals surface area (Å²) in [5.41, 5.74) is 5.95. The van der Waals surface area contributed by atoms with Gasteiger partial charge in [-0.1, -0.05) is 39.5 Å². The first-order valence-corrected chi connectivity index (χ1v) is 6.64. The molecule has 0 aromatic carbocycles. The van der Waals surface area contributed by atoms with Crippen molar-refractivity contribution in [3.63, 3.8) is 0 Å². The highest BCUT2D eigenvalue weighted by molar-refractivity contribution is 4.85. The fraction of sp³-hybridized carbons (Fsp3) is 1.00. The number of hydrogen-bond donors (Lipinski definition) is 1. The zero-order valence-electron chi connectivity index (χ0n) is 10.4. The fourth-order valence-corrected chi connectivity index (χ4v) is 2.55. The minimum atomic E-state index is 0.00713. The van der Waals surface area contributed by atoms with Crippen LogP contribution >= 0.6 is 0 Å². The number of hydrogen-bond acceptors (Lipinski definition) is 2. The first kappa shape index (κ1) is 13.0. The van der Waals surface area contributed by atoms with Crippen molar-refractivity contribution in [2.24, 2.45) is 5.73 Å². The van der Waals surface area contributed by atoms with Gasteiger partial charge in [0, 0.05) is 6.54 Å². The van der Waals surface area contributed by atoms with Crippen LogP contribution in [-0.2, 0) is 4.74 Å². The van der Waals surface area contributed by atoms with Gasteiger partial charge < -0.3 is 10.5 Å². The van der Waals surface area contributed by atoms with E-state index in [1.807, 2.05) is 0 Å². The summed E-state index contributed by atoms with van der Waals surface area (Å²) >= 11 is 0. The second-order valence-corrected chi connectivity index (χ2v) is 4.86. The summed E-state index contributed by atoms with van der Waals surface area (Å²) in [5.74, 6) is 0. The van der Waals surface area contributed by atoms with Gasteiger partial charge in [-0.15, -0.1) is 0 Å². The number of ether oxygens (including phenoxy) is 1. The van der Waals surface area contributed by atoms with Gasteiger partial charge in [-0.25, -0.2) is 0 Å². The van der Waals surface area contributed by atoms with Crippen LogP contribution in [0.4, 0.5) is 0 Å². The van der Waals surface area contributed by atoms with E-state index in [4.69, 9.17) is 10.5 Å². The lowest BCUT2D eigenvalue weighted by molar-refractivity contribution is -0.0989. The molecule has 0 heterocycles. The highest BCUT2D eigenvalue weighted by Crippen LogP contribution is 2.31. The standard InChI is InChI=1S/C13H27NO/c1-3-12(4-2)15-13(11-14)9-7-5-6-8-10-13/h12H,3-11,14H2,1-2H3. The lowest BCUT2D eigenvalue weighted by Crippen LogP contribution is -2.43. The Bertz CT molecular complexity index is 158. The molecule has 0 atom stereocenters. The second kappa shape index (κ2) is 6.49. The van der Waals surface area contributed by atoms with Crippen molar-refractivity contribution >= 4 is 0 Å². The molecule has 1 aliphatic carbocycles. The van der Waals surface area contributed by atoms with E-state index in [0.717, 1.165) is 12.8 Å². The maximum atomic E-state index is 6.28. The van der Waals surface area contributed by atoms with Gasteiger partial charge in [0.1, 0.15) is 0 Å². The Balaban J connectivity index is 2.56. The van der Waals surface area contributed by atoms with Gasteiger partial charge in [-0.3, -0.25) is 0 Å². The SMILES string of the molecule is CCC(CC)OC1(CN)CCCCCC1. The molecule has 1 rings (SSSR count). The molecule has 0 radical (unpaired) electrons. The van der Waals surface area contributed by atoms with Crippen molar-refractivity contribution in [3.8, 4) is 0 Å². The molecule has 0 aliphatic heterocycles. The Morgan fingerprint density at radius 1 is 1.07 bits per heavy atom. The van der Waals surface area contributed by atoms with E-state index in [2.05, 4.69) is 13.8 Å². The number of nitrogens with two attached hydrogens (primary N) is 1. The van der Waals surface area contributed by atoms with Crippen LogP contribution in [0.5, 0.6) is 0 Å². The number of rotatable bonds is 5. The van der Waals surface area contributed by atoms with E-state index < -0.39 is 0 Å². The van der Waals surface area contributed by atoms with Gasteiger partial charge in [0.15, 0.2) is 0 Å². The molecule has 90 valence electrons. The zero-order chi connectivity index (χ0) is 11.1. The molecule has 2 N–H and O–H groups in total. The summed E-state index contributed by atoms with van der Waals surface area (Å²) in [6.07, 6.45) is 10.2. The predicted molar refractivity (Wildman–Crippen MR) is 64.9 cm³/mol. The van der Waals surface area contributed by atoms with Crippen LogP contribution in [0.25, 0.3) is 0 Å². The monoisotopic (exact) mass is 213 g/mol. The Labute approximate surface area is 94.6 Å². The molecule has 0 unspecified atom stereocenters. The van der Waals surface area contributed by atoms with Gasteiger partial charge >= 0.3 is 0 Å². The summed E-state index contributed by atoms with van der Waals surface area (Å²) in [4.78, 5) is 0. The molecule has 0 aromatic heterocycles. The molecule has 2 heteroatoms. The zero-order valence-corrected chi connectivity index (χ0v) is 10.4. The molecule has 0 aromatic rings. The second-order valence-electron chi connectivity index (χ2n) is 4.86. The van der Waals surface area contributed by atoms with Crippen LogP contribution in [0.3, 0.4) is 0 Å². The van der Waals surface area contributed by atoms with Gasteiger partial charge in [0.05, 0.1) is 11.7 Å². The fourth-order valence-electron chi connectivity index (χ4n) is 2.55. The van der Waals surface area contributed by atoms with E-state index in [9.17, 15) is 0 Å². The minimum absolute atomic E-state index is 0.00713. The van der Waals surface area contributed by atoms with Crippen LogP contribution in [0, 0.1) is 0 Å². The third-order valence-electron chi connectivity index (χ3n) is 3.71. The topological polar surface area (TPSA) is 35.2 Å². The Morgan fingerprint density at radius 3 is 2.00 bits per heavy atom. The molecular formula is C13H27NO. The first-order chi connectivity index (χ1) is 7.26. The highest BCUT2D eigenvalue weighted by Gasteiger charge is 2.32. The van der Waals surface area contributed by atoms with Crippen molar-refractivity contribution in [3.05, 3.63) is 0 Å². The predicted octanol–water partition coefficient (Wildman–Crippen LogP) is 3.24. The molecule has 0 amide bonds. The lowest BCUT2D eigenvalue weighted by atomic mass is 9.93. The summed E-state index contributed by atoms with van der Waals surface area (Å²) in [6, 6.07) is 0. The van der Waals surface area contributed by atoms with Crippen molar-refractivity contribution in [1.29, 1.82) is 0 Å². The highest BCUT2D eigenvalue weighted by atomic mass is 16.5. The Hall–Kier alpha value is -0.0800. The quantitative estimate of drug-likeness (QED) is 0.712. The van der Waals surface area contributed by atoms with Crippen molar-refractivity contribution in [2.45, 2.75) is 76.9 Å². The average molecular weight is 213 g/mol. The molecule has 0 saturated heterocycles. The van der Waals surface area contributed by atoms with Crippen molar-refractivity contribution in [1.82, 2.24) is 0 Å². The minimum Gasteiger partial charge on any atom is -0.370 e. The van der Waals surface area contributed by atoms with Gasteiger partial charge in [0.25, 0.3) is 0 Å². The van der Waals surface area contributed by atoms with E-state index in [0.29, 0.717) is 12.6 Å².